The van der Waals surface area contributed by atoms with Gasteiger partial charge in [0.05, 0.1) is 30.0 Å². The van der Waals surface area contributed by atoms with E-state index >= 15 is 0 Å². The molecule has 0 heterocycles. The molecule has 0 aromatic heterocycles. The topological polar surface area (TPSA) is 95.7 Å². The highest BCUT2D eigenvalue weighted by molar-refractivity contribution is 8.13. The van der Waals surface area contributed by atoms with E-state index in [9.17, 15) is 18.5 Å². The molecule has 118 valence electrons. The highest BCUT2D eigenvalue weighted by Gasteiger charge is 2.14. The van der Waals surface area contributed by atoms with Crippen LogP contribution in [0, 0.1) is 24.0 Å². The lowest BCUT2D eigenvalue weighted by Crippen LogP contribution is -2.12. The van der Waals surface area contributed by atoms with Crippen molar-refractivity contribution >= 4 is 25.4 Å². The number of hydrogen-bond acceptors (Lipinski definition) is 6. The maximum atomic E-state index is 10.9. The quantitative estimate of drug-likeness (QED) is 0.312. The SMILES string of the molecule is Cc1cc(C)c([N+](=O)[O-])cc1OCCOCCS(=O)(=O)Cl. The largest absolute Gasteiger partial charge is 0.491 e. The van der Waals surface area contributed by atoms with Crippen molar-refractivity contribution in [2.24, 2.45) is 0 Å². The first kappa shape index (κ1) is 17.7. The molecule has 0 saturated carbocycles. The predicted molar refractivity (Wildman–Crippen MR) is 78.5 cm³/mol. The lowest BCUT2D eigenvalue weighted by Gasteiger charge is -2.10. The first-order valence-corrected chi connectivity index (χ1v) is 8.57. The van der Waals surface area contributed by atoms with Gasteiger partial charge in [-0.05, 0) is 25.5 Å². The smallest absolute Gasteiger partial charge is 0.276 e. The molecule has 21 heavy (non-hydrogen) atoms. The second-order valence-electron chi connectivity index (χ2n) is 4.37. The molecule has 1 aromatic rings. The van der Waals surface area contributed by atoms with Crippen LogP contribution in [-0.4, -0.2) is 38.9 Å². The van der Waals surface area contributed by atoms with Gasteiger partial charge in [-0.15, -0.1) is 0 Å². The van der Waals surface area contributed by atoms with E-state index in [2.05, 4.69) is 0 Å². The van der Waals surface area contributed by atoms with Gasteiger partial charge in [-0.1, -0.05) is 0 Å². The van der Waals surface area contributed by atoms with E-state index in [4.69, 9.17) is 20.2 Å². The van der Waals surface area contributed by atoms with Gasteiger partial charge in [-0.3, -0.25) is 10.1 Å². The molecule has 7 nitrogen and oxygen atoms in total. The van der Waals surface area contributed by atoms with Crippen LogP contribution >= 0.6 is 10.7 Å². The molecule has 0 amide bonds. The van der Waals surface area contributed by atoms with Crippen molar-refractivity contribution < 1.29 is 22.8 Å². The Kier molecular flexibility index (Phi) is 6.38. The number of nitrogens with zero attached hydrogens (tertiary/aromatic N) is 1. The number of ether oxygens (including phenoxy) is 2. The van der Waals surface area contributed by atoms with E-state index in [0.29, 0.717) is 11.3 Å². The Balaban J connectivity index is 2.49. The molecule has 0 radical (unpaired) electrons. The molecule has 0 aliphatic carbocycles. The monoisotopic (exact) mass is 337 g/mol. The zero-order valence-electron chi connectivity index (χ0n) is 11.7. The number of hydrogen-bond donors (Lipinski definition) is 0. The third-order valence-electron chi connectivity index (χ3n) is 2.65. The third-order valence-corrected chi connectivity index (χ3v) is 3.76. The van der Waals surface area contributed by atoms with E-state index in [-0.39, 0.29) is 31.3 Å². The summed E-state index contributed by atoms with van der Waals surface area (Å²) in [7, 11) is 1.46. The number of benzene rings is 1. The van der Waals surface area contributed by atoms with Crippen molar-refractivity contribution in [1.82, 2.24) is 0 Å². The highest BCUT2D eigenvalue weighted by atomic mass is 35.7. The van der Waals surface area contributed by atoms with Gasteiger partial charge >= 0.3 is 0 Å². The Hall–Kier alpha value is -1.38. The van der Waals surface area contributed by atoms with Crippen LogP contribution in [0.5, 0.6) is 5.75 Å². The standard InChI is InChI=1S/C12H16ClNO6S/c1-9-7-10(2)12(8-11(9)14(15)16)20-4-3-19-5-6-21(13,17)18/h7-8H,3-6H2,1-2H3. The summed E-state index contributed by atoms with van der Waals surface area (Å²) in [6, 6.07) is 3.04. The number of nitro groups is 1. The molecule has 0 N–H and O–H groups in total. The lowest BCUT2D eigenvalue weighted by atomic mass is 10.1. The van der Waals surface area contributed by atoms with Crippen LogP contribution in [0.25, 0.3) is 0 Å². The molecule has 0 spiro atoms. The Morgan fingerprint density at radius 2 is 1.86 bits per heavy atom. The minimum absolute atomic E-state index is 0.00949. The fourth-order valence-corrected chi connectivity index (χ4v) is 2.15. The Bertz CT molecular complexity index is 616. The van der Waals surface area contributed by atoms with Gasteiger partial charge in [0.1, 0.15) is 12.4 Å². The van der Waals surface area contributed by atoms with Crippen LogP contribution in [-0.2, 0) is 13.8 Å². The van der Waals surface area contributed by atoms with Crippen molar-refractivity contribution in [3.05, 3.63) is 33.4 Å². The highest BCUT2D eigenvalue weighted by Crippen LogP contribution is 2.27. The molecule has 0 fully saturated rings. The molecule has 0 saturated heterocycles. The summed E-state index contributed by atoms with van der Waals surface area (Å²) in [5.41, 5.74) is 1.33. The van der Waals surface area contributed by atoms with Crippen molar-refractivity contribution in [1.29, 1.82) is 0 Å². The van der Waals surface area contributed by atoms with Crippen LogP contribution in [0.15, 0.2) is 12.1 Å². The first-order chi connectivity index (χ1) is 9.70. The summed E-state index contributed by atoms with van der Waals surface area (Å²) in [6.07, 6.45) is 0. The summed E-state index contributed by atoms with van der Waals surface area (Å²) in [5.74, 6) is 0.129. The van der Waals surface area contributed by atoms with Crippen molar-refractivity contribution in [2.75, 3.05) is 25.6 Å². The number of rotatable bonds is 8. The van der Waals surface area contributed by atoms with E-state index < -0.39 is 14.0 Å². The van der Waals surface area contributed by atoms with Crippen LogP contribution in [0.1, 0.15) is 11.1 Å². The summed E-state index contributed by atoms with van der Waals surface area (Å²) < 4.78 is 31.8. The molecule has 0 bridgehead atoms. The predicted octanol–water partition coefficient (Wildman–Crippen LogP) is 2.18. The van der Waals surface area contributed by atoms with Crippen LogP contribution in [0.3, 0.4) is 0 Å². The average Bonchev–Trinajstić information content (AvgIpc) is 2.33. The maximum Gasteiger partial charge on any atom is 0.276 e. The summed E-state index contributed by atoms with van der Waals surface area (Å²) in [6.45, 7) is 3.73. The maximum absolute atomic E-state index is 10.9. The summed E-state index contributed by atoms with van der Waals surface area (Å²) >= 11 is 0. The fourth-order valence-electron chi connectivity index (χ4n) is 1.64. The first-order valence-electron chi connectivity index (χ1n) is 6.09. The Morgan fingerprint density at radius 3 is 2.43 bits per heavy atom. The van der Waals surface area contributed by atoms with Crippen molar-refractivity contribution in [3.8, 4) is 5.75 Å². The van der Waals surface area contributed by atoms with E-state index in [0.717, 1.165) is 5.56 Å². The van der Waals surface area contributed by atoms with Gasteiger partial charge in [0.2, 0.25) is 9.05 Å². The minimum Gasteiger partial charge on any atom is -0.491 e. The molecule has 0 unspecified atom stereocenters. The molecular formula is C12H16ClNO6S. The molecule has 1 rings (SSSR count). The minimum atomic E-state index is -3.56. The molecule has 0 atom stereocenters. The van der Waals surface area contributed by atoms with E-state index in [1.807, 2.05) is 0 Å². The Morgan fingerprint density at radius 1 is 1.19 bits per heavy atom. The molecule has 0 aliphatic rings. The van der Waals surface area contributed by atoms with Crippen LogP contribution in [0.4, 0.5) is 5.69 Å². The van der Waals surface area contributed by atoms with Gasteiger partial charge in [0, 0.05) is 16.2 Å². The molecule has 1 aromatic carbocycles. The number of halogens is 1. The lowest BCUT2D eigenvalue weighted by molar-refractivity contribution is -0.385. The van der Waals surface area contributed by atoms with Gasteiger partial charge in [0.25, 0.3) is 5.69 Å². The second-order valence-corrected chi connectivity index (χ2v) is 7.26. The van der Waals surface area contributed by atoms with E-state index in [1.165, 1.54) is 6.07 Å². The van der Waals surface area contributed by atoms with Crippen LogP contribution < -0.4 is 4.74 Å². The summed E-state index contributed by atoms with van der Waals surface area (Å²) in [4.78, 5) is 10.4. The van der Waals surface area contributed by atoms with E-state index in [1.54, 1.807) is 19.9 Å². The molecular weight excluding hydrogens is 322 g/mol. The van der Waals surface area contributed by atoms with Crippen LogP contribution in [0.2, 0.25) is 0 Å². The van der Waals surface area contributed by atoms with Gasteiger partial charge in [-0.25, -0.2) is 8.42 Å². The van der Waals surface area contributed by atoms with Crippen molar-refractivity contribution in [3.63, 3.8) is 0 Å². The Labute approximate surface area is 127 Å². The summed E-state index contributed by atoms with van der Waals surface area (Å²) in [5, 5.41) is 10.9. The van der Waals surface area contributed by atoms with Gasteiger partial charge < -0.3 is 9.47 Å². The molecule has 9 heteroatoms. The van der Waals surface area contributed by atoms with Gasteiger partial charge in [-0.2, -0.15) is 0 Å². The fraction of sp³-hybridized carbons (Fsp3) is 0.500. The zero-order chi connectivity index (χ0) is 16.0. The zero-order valence-corrected chi connectivity index (χ0v) is 13.2. The van der Waals surface area contributed by atoms with Gasteiger partial charge in [0.15, 0.2) is 0 Å². The third kappa shape index (κ3) is 6.28. The number of nitro benzene ring substituents is 1. The average molecular weight is 338 g/mol. The van der Waals surface area contributed by atoms with Crippen molar-refractivity contribution in [2.45, 2.75) is 13.8 Å². The second kappa shape index (κ2) is 7.58. The molecule has 0 aliphatic heterocycles. The number of aryl methyl sites for hydroxylation is 2. The normalized spacial score (nSPS) is 11.4.